The van der Waals surface area contributed by atoms with E-state index in [4.69, 9.17) is 5.73 Å². The Balaban J connectivity index is 2.45. The van der Waals surface area contributed by atoms with Crippen molar-refractivity contribution in [3.63, 3.8) is 0 Å². The lowest BCUT2D eigenvalue weighted by Crippen LogP contribution is -2.20. The third-order valence-electron chi connectivity index (χ3n) is 3.10. The summed E-state index contributed by atoms with van der Waals surface area (Å²) in [6.45, 7) is 1.17. The Kier molecular flexibility index (Phi) is 4.32. The van der Waals surface area contributed by atoms with Crippen molar-refractivity contribution in [2.24, 2.45) is 0 Å². The molecule has 0 unspecified atom stereocenters. The molecule has 1 heterocycles. The monoisotopic (exact) mass is 294 g/mol. The van der Waals surface area contributed by atoms with Gasteiger partial charge in [0.2, 0.25) is 0 Å². The largest absolute Gasteiger partial charge is 0.383 e. The second-order valence-electron chi connectivity index (χ2n) is 4.92. The number of nitrogens with zero attached hydrogens (tertiary/aromatic N) is 3. The number of aldehydes is 1. The third-order valence-corrected chi connectivity index (χ3v) is 3.10. The summed E-state index contributed by atoms with van der Waals surface area (Å²) < 4.78 is 27.8. The van der Waals surface area contributed by atoms with Crippen molar-refractivity contribution in [3.8, 4) is 11.3 Å². The molecule has 0 aliphatic heterocycles. The van der Waals surface area contributed by atoms with Gasteiger partial charge in [-0.25, -0.2) is 13.5 Å². The Bertz CT molecular complexity index is 667. The number of rotatable bonds is 5. The van der Waals surface area contributed by atoms with Crippen LogP contribution in [0.5, 0.6) is 0 Å². The number of aromatic nitrogens is 2. The molecule has 0 amide bonds. The first kappa shape index (κ1) is 15.1. The predicted octanol–water partition coefficient (Wildman–Crippen LogP) is 1.78. The highest BCUT2D eigenvalue weighted by molar-refractivity contribution is 5.91. The highest BCUT2D eigenvalue weighted by Crippen LogP contribution is 2.27. The zero-order chi connectivity index (χ0) is 15.6. The van der Waals surface area contributed by atoms with Crippen LogP contribution in [0.15, 0.2) is 18.2 Å². The molecule has 0 bridgehead atoms. The topological polar surface area (TPSA) is 64.2 Å². The summed E-state index contributed by atoms with van der Waals surface area (Å²) in [7, 11) is 3.80. The minimum atomic E-state index is -0.995. The van der Waals surface area contributed by atoms with Crippen LogP contribution in [0, 0.1) is 11.6 Å². The molecule has 0 saturated heterocycles. The number of carbonyl (C=O) groups is 1. The molecule has 0 radical (unpaired) electrons. The minimum absolute atomic E-state index is 0.180. The van der Waals surface area contributed by atoms with Crippen molar-refractivity contribution in [1.82, 2.24) is 14.7 Å². The van der Waals surface area contributed by atoms with Crippen LogP contribution in [-0.4, -0.2) is 41.6 Å². The average Bonchev–Trinajstić information content (AvgIpc) is 2.76. The van der Waals surface area contributed by atoms with E-state index < -0.39 is 11.6 Å². The van der Waals surface area contributed by atoms with E-state index in [0.29, 0.717) is 24.9 Å². The van der Waals surface area contributed by atoms with E-state index in [9.17, 15) is 13.6 Å². The molecule has 2 aromatic rings. The summed E-state index contributed by atoms with van der Waals surface area (Å²) in [6.07, 6.45) is 0.574. The molecule has 0 fully saturated rings. The van der Waals surface area contributed by atoms with E-state index in [1.165, 1.54) is 10.7 Å². The molecule has 1 aromatic heterocycles. The van der Waals surface area contributed by atoms with E-state index in [1.807, 2.05) is 19.0 Å². The first-order chi connectivity index (χ1) is 9.93. The SMILES string of the molecule is CN(C)CCn1nc(-c2ccc(F)c(F)c2)c(C=O)c1N. The average molecular weight is 294 g/mol. The van der Waals surface area contributed by atoms with E-state index in [2.05, 4.69) is 5.10 Å². The molecule has 2 rings (SSSR count). The van der Waals surface area contributed by atoms with E-state index in [0.717, 1.165) is 12.1 Å². The quantitative estimate of drug-likeness (QED) is 0.854. The van der Waals surface area contributed by atoms with Gasteiger partial charge < -0.3 is 10.6 Å². The number of benzene rings is 1. The van der Waals surface area contributed by atoms with Gasteiger partial charge in [0, 0.05) is 12.1 Å². The summed E-state index contributed by atoms with van der Waals surface area (Å²) in [5.74, 6) is -1.73. The lowest BCUT2D eigenvalue weighted by atomic mass is 10.1. The van der Waals surface area contributed by atoms with Gasteiger partial charge in [0.05, 0.1) is 12.1 Å². The number of hydrogen-bond acceptors (Lipinski definition) is 4. The zero-order valence-electron chi connectivity index (χ0n) is 11.8. The second kappa shape index (κ2) is 6.01. The van der Waals surface area contributed by atoms with Crippen LogP contribution in [0.25, 0.3) is 11.3 Å². The van der Waals surface area contributed by atoms with Crippen LogP contribution < -0.4 is 5.73 Å². The number of carbonyl (C=O) groups excluding carboxylic acids is 1. The minimum Gasteiger partial charge on any atom is -0.383 e. The van der Waals surface area contributed by atoms with E-state index in [-0.39, 0.29) is 17.1 Å². The van der Waals surface area contributed by atoms with Crippen molar-refractivity contribution in [1.29, 1.82) is 0 Å². The van der Waals surface area contributed by atoms with Gasteiger partial charge in [-0.05, 0) is 32.3 Å². The van der Waals surface area contributed by atoms with Gasteiger partial charge in [-0.15, -0.1) is 0 Å². The van der Waals surface area contributed by atoms with Crippen molar-refractivity contribution in [3.05, 3.63) is 35.4 Å². The molecular formula is C14H16F2N4O. The smallest absolute Gasteiger partial charge is 0.159 e. The summed E-state index contributed by atoms with van der Waals surface area (Å²) in [5.41, 5.74) is 6.63. The number of nitrogens with two attached hydrogens (primary N) is 1. The molecule has 2 N–H and O–H groups in total. The molecule has 0 spiro atoms. The molecular weight excluding hydrogens is 278 g/mol. The standard InChI is InChI=1S/C14H16F2N4O/c1-19(2)5-6-20-14(17)10(8-21)13(18-20)9-3-4-11(15)12(16)7-9/h3-4,7-8H,5-6,17H2,1-2H3. The van der Waals surface area contributed by atoms with Crippen LogP contribution in [0.1, 0.15) is 10.4 Å². The molecule has 112 valence electrons. The van der Waals surface area contributed by atoms with Gasteiger partial charge in [-0.1, -0.05) is 0 Å². The Labute approximate surface area is 121 Å². The van der Waals surface area contributed by atoms with Gasteiger partial charge in [-0.2, -0.15) is 5.10 Å². The number of likely N-dealkylation sites (N-methyl/N-ethyl adjacent to an activating group) is 1. The lowest BCUT2D eigenvalue weighted by molar-refractivity contribution is 0.112. The predicted molar refractivity (Wildman–Crippen MR) is 75.9 cm³/mol. The molecule has 0 aliphatic carbocycles. The van der Waals surface area contributed by atoms with Crippen molar-refractivity contribution in [2.75, 3.05) is 26.4 Å². The zero-order valence-corrected chi connectivity index (χ0v) is 11.8. The van der Waals surface area contributed by atoms with Crippen molar-refractivity contribution in [2.45, 2.75) is 6.54 Å². The Hall–Kier alpha value is -2.28. The fourth-order valence-electron chi connectivity index (χ4n) is 1.93. The summed E-state index contributed by atoms with van der Waals surface area (Å²) in [5, 5.41) is 4.24. The van der Waals surface area contributed by atoms with Gasteiger partial charge in [-0.3, -0.25) is 4.79 Å². The van der Waals surface area contributed by atoms with Gasteiger partial charge in [0.25, 0.3) is 0 Å². The molecule has 1 aromatic carbocycles. The van der Waals surface area contributed by atoms with Crippen molar-refractivity contribution >= 4 is 12.1 Å². The van der Waals surface area contributed by atoms with Gasteiger partial charge >= 0.3 is 0 Å². The van der Waals surface area contributed by atoms with E-state index in [1.54, 1.807) is 0 Å². The maximum atomic E-state index is 13.3. The summed E-state index contributed by atoms with van der Waals surface area (Å²) in [4.78, 5) is 13.2. The Morgan fingerprint density at radius 1 is 1.33 bits per heavy atom. The molecule has 0 atom stereocenters. The summed E-state index contributed by atoms with van der Waals surface area (Å²) in [6, 6.07) is 3.36. The Morgan fingerprint density at radius 3 is 2.62 bits per heavy atom. The second-order valence-corrected chi connectivity index (χ2v) is 4.92. The van der Waals surface area contributed by atoms with Crippen LogP contribution in [0.2, 0.25) is 0 Å². The highest BCUT2D eigenvalue weighted by Gasteiger charge is 2.17. The third kappa shape index (κ3) is 3.08. The van der Waals surface area contributed by atoms with Crippen molar-refractivity contribution < 1.29 is 13.6 Å². The maximum absolute atomic E-state index is 13.3. The number of nitrogen functional groups attached to an aromatic ring is 1. The molecule has 0 saturated carbocycles. The lowest BCUT2D eigenvalue weighted by Gasteiger charge is -2.10. The maximum Gasteiger partial charge on any atom is 0.159 e. The molecule has 7 heteroatoms. The van der Waals surface area contributed by atoms with Gasteiger partial charge in [0.1, 0.15) is 11.5 Å². The summed E-state index contributed by atoms with van der Waals surface area (Å²) >= 11 is 0. The Morgan fingerprint density at radius 2 is 2.05 bits per heavy atom. The van der Waals surface area contributed by atoms with Crippen LogP contribution in [0.3, 0.4) is 0 Å². The highest BCUT2D eigenvalue weighted by atomic mass is 19.2. The first-order valence-electron chi connectivity index (χ1n) is 6.35. The van der Waals surface area contributed by atoms with E-state index >= 15 is 0 Å². The molecule has 5 nitrogen and oxygen atoms in total. The molecule has 21 heavy (non-hydrogen) atoms. The van der Waals surface area contributed by atoms with Crippen LogP contribution >= 0.6 is 0 Å². The fourth-order valence-corrected chi connectivity index (χ4v) is 1.93. The first-order valence-corrected chi connectivity index (χ1v) is 6.35. The number of halogens is 2. The van der Waals surface area contributed by atoms with Gasteiger partial charge in [0.15, 0.2) is 17.9 Å². The fraction of sp³-hybridized carbons (Fsp3) is 0.286. The van der Waals surface area contributed by atoms with Crippen LogP contribution in [0.4, 0.5) is 14.6 Å². The van der Waals surface area contributed by atoms with Crippen LogP contribution in [-0.2, 0) is 6.54 Å². The number of anilines is 1. The number of hydrogen-bond donors (Lipinski definition) is 1. The molecule has 0 aliphatic rings. The normalized spacial score (nSPS) is 11.1.